The lowest BCUT2D eigenvalue weighted by atomic mass is 9.88. The first kappa shape index (κ1) is 19.1. The molecule has 7 heteroatoms. The number of piperidine rings is 1. The van der Waals surface area contributed by atoms with Crippen LogP contribution in [0.1, 0.15) is 51.6 Å². The van der Waals surface area contributed by atoms with Crippen LogP contribution in [0, 0.1) is 13.8 Å². The van der Waals surface area contributed by atoms with Gasteiger partial charge >= 0.3 is 0 Å². The lowest BCUT2D eigenvalue weighted by molar-refractivity contribution is -0.0763. The van der Waals surface area contributed by atoms with Crippen LogP contribution in [-0.4, -0.2) is 47.1 Å². The number of hydrogen-bond acceptors (Lipinski definition) is 6. The second kappa shape index (κ2) is 7.99. The Bertz CT molecular complexity index is 793. The summed E-state index contributed by atoms with van der Waals surface area (Å²) in [7, 11) is 0. The highest BCUT2D eigenvalue weighted by Gasteiger charge is 2.42. The fourth-order valence-corrected chi connectivity index (χ4v) is 5.60. The van der Waals surface area contributed by atoms with E-state index in [2.05, 4.69) is 33.6 Å². The Kier molecular flexibility index (Phi) is 5.64. The van der Waals surface area contributed by atoms with E-state index >= 15 is 0 Å². The van der Waals surface area contributed by atoms with Crippen molar-refractivity contribution in [3.63, 3.8) is 0 Å². The molecule has 4 rings (SSSR count). The van der Waals surface area contributed by atoms with Gasteiger partial charge in [-0.15, -0.1) is 22.7 Å². The van der Waals surface area contributed by atoms with Gasteiger partial charge in [0.15, 0.2) is 0 Å². The number of aryl methyl sites for hydroxylation is 2. The Morgan fingerprint density at radius 1 is 1.33 bits per heavy atom. The summed E-state index contributed by atoms with van der Waals surface area (Å²) in [4.78, 5) is 20.5. The summed E-state index contributed by atoms with van der Waals surface area (Å²) in [6, 6.07) is 2.21. The van der Waals surface area contributed by atoms with Crippen molar-refractivity contribution in [3.05, 3.63) is 38.0 Å². The first-order valence-corrected chi connectivity index (χ1v) is 11.4. The molecule has 0 bridgehead atoms. The van der Waals surface area contributed by atoms with Gasteiger partial charge in [-0.05, 0) is 56.5 Å². The second-order valence-electron chi connectivity index (χ2n) is 7.73. The molecular formula is C20H27N3O2S2. The molecule has 0 aliphatic carbocycles. The lowest BCUT2D eigenvalue weighted by Crippen LogP contribution is -2.44. The van der Waals surface area contributed by atoms with E-state index < -0.39 is 0 Å². The molecule has 1 atom stereocenters. The third kappa shape index (κ3) is 4.42. The molecule has 1 amide bonds. The maximum Gasteiger partial charge on any atom is 0.270 e. The lowest BCUT2D eigenvalue weighted by Gasteiger charge is -2.39. The summed E-state index contributed by atoms with van der Waals surface area (Å²) in [6.07, 6.45) is 4.44. The summed E-state index contributed by atoms with van der Waals surface area (Å²) < 4.78 is 6.43. The van der Waals surface area contributed by atoms with Crippen molar-refractivity contribution in [1.29, 1.82) is 0 Å². The SMILES string of the molecule is Cc1nc(C(=O)NCC2CCC3(CCN(Cc4sccc4C)CC3)O2)cs1. The van der Waals surface area contributed by atoms with Crippen LogP contribution in [0.5, 0.6) is 0 Å². The van der Waals surface area contributed by atoms with Crippen LogP contribution in [0.4, 0.5) is 0 Å². The topological polar surface area (TPSA) is 54.5 Å². The highest BCUT2D eigenvalue weighted by molar-refractivity contribution is 7.10. The molecule has 4 heterocycles. The van der Waals surface area contributed by atoms with E-state index in [4.69, 9.17) is 4.74 Å². The molecule has 2 aromatic heterocycles. The molecule has 1 N–H and O–H groups in total. The van der Waals surface area contributed by atoms with Gasteiger partial charge in [0, 0.05) is 36.4 Å². The third-order valence-electron chi connectivity index (χ3n) is 5.78. The molecule has 0 saturated carbocycles. The van der Waals surface area contributed by atoms with Crippen molar-refractivity contribution in [2.24, 2.45) is 0 Å². The molecule has 2 aliphatic heterocycles. The number of aromatic nitrogens is 1. The normalized spacial score (nSPS) is 22.4. The van der Waals surface area contributed by atoms with Crippen molar-refractivity contribution in [1.82, 2.24) is 15.2 Å². The van der Waals surface area contributed by atoms with E-state index in [9.17, 15) is 4.79 Å². The minimum Gasteiger partial charge on any atom is -0.370 e. The molecule has 0 aromatic carbocycles. The largest absolute Gasteiger partial charge is 0.370 e. The molecule has 5 nitrogen and oxygen atoms in total. The number of ether oxygens (including phenoxy) is 1. The zero-order chi connectivity index (χ0) is 18.9. The van der Waals surface area contributed by atoms with Crippen LogP contribution in [0.25, 0.3) is 0 Å². The molecule has 2 saturated heterocycles. The van der Waals surface area contributed by atoms with Crippen molar-refractivity contribution in [2.75, 3.05) is 19.6 Å². The first-order valence-electron chi connectivity index (χ1n) is 9.66. The molecule has 146 valence electrons. The molecule has 0 radical (unpaired) electrons. The Morgan fingerprint density at radius 3 is 2.81 bits per heavy atom. The van der Waals surface area contributed by atoms with Gasteiger partial charge in [0.1, 0.15) is 5.69 Å². The number of thiophene rings is 1. The number of nitrogens with one attached hydrogen (secondary N) is 1. The summed E-state index contributed by atoms with van der Waals surface area (Å²) >= 11 is 3.36. The quantitative estimate of drug-likeness (QED) is 0.823. The van der Waals surface area contributed by atoms with E-state index in [0.717, 1.165) is 50.3 Å². The number of thiazole rings is 1. The predicted octanol–water partition coefficient (Wildman–Crippen LogP) is 3.77. The van der Waals surface area contributed by atoms with Crippen LogP contribution in [-0.2, 0) is 11.3 Å². The monoisotopic (exact) mass is 405 g/mol. The van der Waals surface area contributed by atoms with Crippen LogP contribution in [0.3, 0.4) is 0 Å². The van der Waals surface area contributed by atoms with E-state index in [-0.39, 0.29) is 17.6 Å². The van der Waals surface area contributed by atoms with Crippen molar-refractivity contribution in [3.8, 4) is 0 Å². The summed E-state index contributed by atoms with van der Waals surface area (Å²) in [5, 5.41) is 7.90. The highest BCUT2D eigenvalue weighted by atomic mass is 32.1. The molecule has 2 aliphatic rings. The maximum atomic E-state index is 12.2. The van der Waals surface area contributed by atoms with Crippen LogP contribution in [0.2, 0.25) is 0 Å². The van der Waals surface area contributed by atoms with Crippen LogP contribution >= 0.6 is 22.7 Å². The maximum absolute atomic E-state index is 12.2. The highest BCUT2D eigenvalue weighted by Crippen LogP contribution is 2.39. The summed E-state index contributed by atoms with van der Waals surface area (Å²) in [6.45, 7) is 7.94. The number of rotatable bonds is 5. The van der Waals surface area contributed by atoms with Gasteiger partial charge in [0.05, 0.1) is 16.7 Å². The fraction of sp³-hybridized carbons (Fsp3) is 0.600. The van der Waals surface area contributed by atoms with E-state index in [1.807, 2.05) is 23.6 Å². The van der Waals surface area contributed by atoms with Crippen molar-refractivity contribution < 1.29 is 9.53 Å². The molecular weight excluding hydrogens is 378 g/mol. The number of carbonyl (C=O) groups excluding carboxylic acids is 1. The minimum atomic E-state index is -0.0926. The molecule has 1 unspecified atom stereocenters. The number of carbonyl (C=O) groups is 1. The molecule has 2 aromatic rings. The average molecular weight is 406 g/mol. The Balaban J connectivity index is 1.23. The van der Waals surface area contributed by atoms with E-state index in [1.165, 1.54) is 21.8 Å². The van der Waals surface area contributed by atoms with Crippen molar-refractivity contribution in [2.45, 2.75) is 57.8 Å². The van der Waals surface area contributed by atoms with Gasteiger partial charge in [-0.1, -0.05) is 0 Å². The van der Waals surface area contributed by atoms with Gasteiger partial charge in [-0.25, -0.2) is 4.98 Å². The number of likely N-dealkylation sites (tertiary alicyclic amines) is 1. The summed E-state index contributed by atoms with van der Waals surface area (Å²) in [5.41, 5.74) is 1.94. The Labute approximate surface area is 168 Å². The molecule has 27 heavy (non-hydrogen) atoms. The van der Waals surface area contributed by atoms with Gasteiger partial charge < -0.3 is 10.1 Å². The summed E-state index contributed by atoms with van der Waals surface area (Å²) in [5.74, 6) is -0.0926. The van der Waals surface area contributed by atoms with E-state index in [0.29, 0.717) is 12.2 Å². The predicted molar refractivity (Wildman–Crippen MR) is 110 cm³/mol. The van der Waals surface area contributed by atoms with Crippen LogP contribution in [0.15, 0.2) is 16.8 Å². The second-order valence-corrected chi connectivity index (χ2v) is 9.79. The first-order chi connectivity index (χ1) is 13.0. The number of hydrogen-bond donors (Lipinski definition) is 1. The number of amides is 1. The van der Waals surface area contributed by atoms with Gasteiger partial charge in [0.2, 0.25) is 0 Å². The zero-order valence-electron chi connectivity index (χ0n) is 16.0. The minimum absolute atomic E-state index is 0.0214. The third-order valence-corrected chi connectivity index (χ3v) is 7.56. The zero-order valence-corrected chi connectivity index (χ0v) is 17.6. The standard InChI is InChI=1S/C20H27N3O2S2/c1-14-4-10-26-18(14)12-23-8-6-20(7-9-23)5-3-16(25-20)11-21-19(24)17-13-27-15(2)22-17/h4,10,13,16H,3,5-9,11-12H2,1-2H3,(H,21,24). The van der Waals surface area contributed by atoms with Crippen LogP contribution < -0.4 is 5.32 Å². The number of nitrogens with zero attached hydrogens (tertiary/aromatic N) is 2. The fourth-order valence-electron chi connectivity index (χ4n) is 4.06. The van der Waals surface area contributed by atoms with Gasteiger partial charge in [-0.2, -0.15) is 0 Å². The Hall–Kier alpha value is -1.28. The van der Waals surface area contributed by atoms with E-state index in [1.54, 1.807) is 0 Å². The smallest absolute Gasteiger partial charge is 0.270 e. The average Bonchev–Trinajstić information content (AvgIpc) is 3.37. The molecule has 2 fully saturated rings. The van der Waals surface area contributed by atoms with Crippen molar-refractivity contribution >= 4 is 28.6 Å². The van der Waals surface area contributed by atoms with Gasteiger partial charge in [-0.3, -0.25) is 9.69 Å². The van der Waals surface area contributed by atoms with Gasteiger partial charge in [0.25, 0.3) is 5.91 Å². The Morgan fingerprint density at radius 2 is 2.15 bits per heavy atom. The molecule has 1 spiro atoms.